The molecule has 1 saturated heterocycles. The van der Waals surface area contributed by atoms with Gasteiger partial charge in [-0.05, 0) is 80.5 Å². The molecular formula is C25H31BO3S. The first kappa shape index (κ1) is 21.4. The zero-order valence-corrected chi connectivity index (χ0v) is 19.6. The highest BCUT2D eigenvalue weighted by Gasteiger charge is 2.58. The van der Waals surface area contributed by atoms with E-state index in [1.54, 1.807) is 18.4 Å². The van der Waals surface area contributed by atoms with Gasteiger partial charge >= 0.3 is 7.12 Å². The maximum atomic E-state index is 6.51. The first-order valence-electron chi connectivity index (χ1n) is 10.6. The second kappa shape index (κ2) is 7.70. The second-order valence-corrected chi connectivity index (χ2v) is 10.5. The molecular weight excluding hydrogens is 391 g/mol. The molecule has 158 valence electrons. The quantitative estimate of drug-likeness (QED) is 0.429. The van der Waals surface area contributed by atoms with Gasteiger partial charge in [-0.3, -0.25) is 0 Å². The molecule has 1 fully saturated rings. The Morgan fingerprint density at radius 3 is 2.27 bits per heavy atom. The van der Waals surface area contributed by atoms with Crippen LogP contribution in [0.15, 0.2) is 53.9 Å². The summed E-state index contributed by atoms with van der Waals surface area (Å²) in [6.07, 6.45) is 1.91. The Bertz CT molecular complexity index is 1010. The molecule has 30 heavy (non-hydrogen) atoms. The Balaban J connectivity index is 1.60. The number of thiophene rings is 1. The summed E-state index contributed by atoms with van der Waals surface area (Å²) in [5.74, 6) is 0.890. The predicted molar refractivity (Wildman–Crippen MR) is 127 cm³/mol. The van der Waals surface area contributed by atoms with Crippen molar-refractivity contribution >= 4 is 29.2 Å². The summed E-state index contributed by atoms with van der Waals surface area (Å²) in [6.45, 7) is 10.8. The fourth-order valence-electron chi connectivity index (χ4n) is 4.02. The molecule has 0 amide bonds. The average molecular weight is 422 g/mol. The third-order valence-electron chi connectivity index (χ3n) is 6.90. The molecule has 1 aliphatic rings. The number of methoxy groups -OCH3 is 1. The maximum absolute atomic E-state index is 6.51. The van der Waals surface area contributed by atoms with Crippen LogP contribution >= 0.6 is 11.3 Å². The van der Waals surface area contributed by atoms with Gasteiger partial charge in [-0.25, -0.2) is 0 Å². The lowest BCUT2D eigenvalue weighted by atomic mass is 9.55. The lowest BCUT2D eigenvalue weighted by molar-refractivity contribution is 0.00578. The van der Waals surface area contributed by atoms with Crippen molar-refractivity contribution < 1.29 is 14.0 Å². The van der Waals surface area contributed by atoms with Gasteiger partial charge in [-0.2, -0.15) is 0 Å². The number of ether oxygens (including phenoxy) is 1. The number of hydrogen-bond donors (Lipinski definition) is 0. The van der Waals surface area contributed by atoms with E-state index in [1.165, 1.54) is 21.2 Å². The van der Waals surface area contributed by atoms with Gasteiger partial charge in [0.25, 0.3) is 0 Å². The van der Waals surface area contributed by atoms with E-state index in [2.05, 4.69) is 82.5 Å². The number of hydrogen-bond acceptors (Lipinski definition) is 4. The summed E-state index contributed by atoms with van der Waals surface area (Å²) in [5, 5.41) is 4.36. The normalized spacial score (nSPS) is 19.7. The zero-order valence-electron chi connectivity index (χ0n) is 18.8. The third-order valence-corrected chi connectivity index (χ3v) is 8.05. The van der Waals surface area contributed by atoms with E-state index in [0.717, 1.165) is 18.6 Å². The summed E-state index contributed by atoms with van der Waals surface area (Å²) in [7, 11) is 1.43. The molecule has 1 aliphatic heterocycles. The molecule has 0 saturated carbocycles. The van der Waals surface area contributed by atoms with Gasteiger partial charge in [0.15, 0.2) is 0 Å². The number of benzene rings is 2. The molecule has 0 bridgehead atoms. The molecule has 4 rings (SSSR count). The van der Waals surface area contributed by atoms with Gasteiger partial charge < -0.3 is 14.0 Å². The van der Waals surface area contributed by atoms with Gasteiger partial charge in [-0.1, -0.05) is 37.3 Å². The van der Waals surface area contributed by atoms with Crippen molar-refractivity contribution in [1.29, 1.82) is 0 Å². The van der Waals surface area contributed by atoms with Crippen molar-refractivity contribution in [3.63, 3.8) is 0 Å². The Kier molecular flexibility index (Phi) is 5.50. The standard InChI is InChI=1S/C25H31BO3S/c1-23(2)24(3,4)29-26(28-23)25(5,22-8-7-15-30-22)14-13-18-9-10-20-17-21(27-6)12-11-19(20)16-18/h7-12,15-17H,13-14H2,1-6H3. The molecule has 3 nitrogen and oxygen atoms in total. The first-order valence-corrected chi connectivity index (χ1v) is 11.5. The van der Waals surface area contributed by atoms with E-state index in [4.69, 9.17) is 14.0 Å². The highest BCUT2D eigenvalue weighted by molar-refractivity contribution is 7.10. The Morgan fingerprint density at radius 2 is 1.63 bits per heavy atom. The van der Waals surface area contributed by atoms with Crippen molar-refractivity contribution in [2.45, 2.75) is 64.0 Å². The van der Waals surface area contributed by atoms with Crippen molar-refractivity contribution in [2.24, 2.45) is 0 Å². The molecule has 2 aromatic carbocycles. The zero-order chi connectivity index (χ0) is 21.6. The van der Waals surface area contributed by atoms with Crippen molar-refractivity contribution in [1.82, 2.24) is 0 Å². The fourth-order valence-corrected chi connectivity index (χ4v) is 4.95. The van der Waals surface area contributed by atoms with E-state index in [0.29, 0.717) is 0 Å². The van der Waals surface area contributed by atoms with Crippen LogP contribution in [0.25, 0.3) is 10.8 Å². The minimum Gasteiger partial charge on any atom is -0.497 e. The van der Waals surface area contributed by atoms with Gasteiger partial charge in [0.2, 0.25) is 0 Å². The van der Waals surface area contributed by atoms with Gasteiger partial charge in [0.05, 0.1) is 18.3 Å². The molecule has 0 radical (unpaired) electrons. The molecule has 0 aliphatic carbocycles. The SMILES string of the molecule is COc1ccc2cc(CCC(C)(B3OC(C)(C)C(C)(C)O3)c3cccs3)ccc2c1. The van der Waals surface area contributed by atoms with Gasteiger partial charge in [0, 0.05) is 10.2 Å². The molecule has 1 atom stereocenters. The van der Waals surface area contributed by atoms with Crippen molar-refractivity contribution in [3.05, 3.63) is 64.4 Å². The topological polar surface area (TPSA) is 27.7 Å². The summed E-state index contributed by atoms with van der Waals surface area (Å²) < 4.78 is 18.4. The second-order valence-electron chi connectivity index (χ2n) is 9.53. The van der Waals surface area contributed by atoms with E-state index in [9.17, 15) is 0 Å². The van der Waals surface area contributed by atoms with Crippen molar-refractivity contribution in [3.8, 4) is 5.75 Å². The number of aryl methyl sites for hydroxylation is 1. The molecule has 1 unspecified atom stereocenters. The van der Waals surface area contributed by atoms with Crippen LogP contribution in [0.4, 0.5) is 0 Å². The van der Waals surface area contributed by atoms with E-state index in [-0.39, 0.29) is 23.6 Å². The molecule has 1 aromatic heterocycles. The van der Waals surface area contributed by atoms with Crippen LogP contribution in [-0.2, 0) is 21.0 Å². The minimum atomic E-state index is -0.335. The summed E-state index contributed by atoms with van der Waals surface area (Å²) in [6, 6.07) is 17.3. The van der Waals surface area contributed by atoms with Crippen LogP contribution in [0.5, 0.6) is 5.75 Å². The van der Waals surface area contributed by atoms with Crippen LogP contribution in [0.3, 0.4) is 0 Å². The number of fused-ring (bicyclic) bond motifs is 1. The van der Waals surface area contributed by atoms with Crippen LogP contribution < -0.4 is 4.74 Å². The highest BCUT2D eigenvalue weighted by atomic mass is 32.1. The van der Waals surface area contributed by atoms with E-state index in [1.807, 2.05) is 6.07 Å². The molecule has 5 heteroatoms. The lowest BCUT2D eigenvalue weighted by Crippen LogP contribution is -2.43. The summed E-state index contributed by atoms with van der Waals surface area (Å²) in [4.78, 5) is 1.31. The number of rotatable bonds is 6. The van der Waals surface area contributed by atoms with Gasteiger partial charge in [-0.15, -0.1) is 11.3 Å². The summed E-state index contributed by atoms with van der Waals surface area (Å²) >= 11 is 1.78. The van der Waals surface area contributed by atoms with E-state index >= 15 is 0 Å². The Hall–Kier alpha value is -1.82. The molecule has 0 spiro atoms. The average Bonchev–Trinajstić information content (AvgIpc) is 3.32. The smallest absolute Gasteiger partial charge is 0.469 e. The molecule has 2 heterocycles. The maximum Gasteiger partial charge on any atom is 0.469 e. The lowest BCUT2D eigenvalue weighted by Gasteiger charge is -2.32. The monoisotopic (exact) mass is 422 g/mol. The van der Waals surface area contributed by atoms with Crippen LogP contribution in [0.2, 0.25) is 0 Å². The van der Waals surface area contributed by atoms with Crippen LogP contribution in [-0.4, -0.2) is 25.4 Å². The minimum absolute atomic E-state index is 0.214. The summed E-state index contributed by atoms with van der Waals surface area (Å²) in [5.41, 5.74) is 0.656. The molecule has 3 aromatic rings. The van der Waals surface area contributed by atoms with Gasteiger partial charge in [0.1, 0.15) is 5.75 Å². The van der Waals surface area contributed by atoms with Crippen molar-refractivity contribution in [2.75, 3.05) is 7.11 Å². The van der Waals surface area contributed by atoms with Crippen LogP contribution in [0.1, 0.15) is 51.5 Å². The highest BCUT2D eigenvalue weighted by Crippen LogP contribution is 2.46. The first-order chi connectivity index (χ1) is 14.1. The molecule has 0 N–H and O–H groups in total. The Morgan fingerprint density at radius 1 is 0.967 bits per heavy atom. The fraction of sp³-hybridized carbons (Fsp3) is 0.440. The van der Waals surface area contributed by atoms with Crippen LogP contribution in [0, 0.1) is 0 Å². The third kappa shape index (κ3) is 3.79. The largest absolute Gasteiger partial charge is 0.497 e. The van der Waals surface area contributed by atoms with E-state index < -0.39 is 0 Å². The Labute approximate surface area is 184 Å². The predicted octanol–water partition coefficient (Wildman–Crippen LogP) is 6.43.